The number of nitrogens with zero attached hydrogens (tertiary/aromatic N) is 3. The molecule has 1 amide bonds. The number of carbonyl (C=O) groups excluding carboxylic acids is 2. The third-order valence-electron chi connectivity index (χ3n) is 5.87. The monoisotopic (exact) mass is 514 g/mol. The lowest BCUT2D eigenvalue weighted by molar-refractivity contribution is -0.113. The molecule has 2 aromatic heterocycles. The van der Waals surface area contributed by atoms with E-state index in [-0.39, 0.29) is 17.8 Å². The maximum atomic E-state index is 12.8. The number of thiophene rings is 1. The molecule has 1 N–H and O–H groups in total. The van der Waals surface area contributed by atoms with E-state index in [1.54, 1.807) is 0 Å². The van der Waals surface area contributed by atoms with E-state index in [1.807, 2.05) is 49.6 Å². The molecule has 0 aliphatic heterocycles. The summed E-state index contributed by atoms with van der Waals surface area (Å²) in [6.45, 7) is 6.62. The summed E-state index contributed by atoms with van der Waals surface area (Å²) in [5, 5.41) is 12.8. The van der Waals surface area contributed by atoms with Crippen molar-refractivity contribution in [3.8, 4) is 5.75 Å². The highest BCUT2D eigenvalue weighted by Gasteiger charge is 2.27. The zero-order valence-corrected chi connectivity index (χ0v) is 22.1. The summed E-state index contributed by atoms with van der Waals surface area (Å²) in [5.74, 6) is 1.03. The van der Waals surface area contributed by atoms with Crippen LogP contribution in [0.5, 0.6) is 5.75 Å². The summed E-state index contributed by atoms with van der Waals surface area (Å²) >= 11 is 2.79. The third kappa shape index (κ3) is 5.70. The molecule has 0 radical (unpaired) electrons. The first kappa shape index (κ1) is 25.2. The normalized spacial score (nSPS) is 13.7. The van der Waals surface area contributed by atoms with E-state index in [9.17, 15) is 9.59 Å². The molecule has 1 aliphatic carbocycles. The molecule has 186 valence electrons. The maximum Gasteiger partial charge on any atom is 0.341 e. The number of aryl methyl sites for hydroxylation is 2. The van der Waals surface area contributed by atoms with Crippen LogP contribution < -0.4 is 10.1 Å². The molecule has 0 spiro atoms. The van der Waals surface area contributed by atoms with Gasteiger partial charge in [-0.15, -0.1) is 21.5 Å². The molecule has 2 heterocycles. The van der Waals surface area contributed by atoms with Crippen molar-refractivity contribution in [1.82, 2.24) is 14.8 Å². The maximum absolute atomic E-state index is 12.8. The van der Waals surface area contributed by atoms with Crippen LogP contribution in [0.25, 0.3) is 0 Å². The lowest BCUT2D eigenvalue weighted by atomic mass is 9.95. The number of carbonyl (C=O) groups is 2. The molecular weight excluding hydrogens is 484 g/mol. The number of thioether (sulfide) groups is 1. The average Bonchev–Trinajstić information content (AvgIpc) is 3.43. The molecule has 4 rings (SSSR count). The van der Waals surface area contributed by atoms with Gasteiger partial charge in [0.15, 0.2) is 17.1 Å². The second-order valence-corrected chi connectivity index (χ2v) is 10.5. The van der Waals surface area contributed by atoms with Gasteiger partial charge in [0.25, 0.3) is 0 Å². The third-order valence-corrected chi connectivity index (χ3v) is 8.05. The molecule has 0 saturated heterocycles. The highest BCUT2D eigenvalue weighted by atomic mass is 32.2. The minimum absolute atomic E-state index is 0.147. The second-order valence-electron chi connectivity index (χ2n) is 8.41. The molecule has 10 heteroatoms. The van der Waals surface area contributed by atoms with Crippen molar-refractivity contribution in [3.63, 3.8) is 0 Å². The van der Waals surface area contributed by atoms with Gasteiger partial charge < -0.3 is 19.4 Å². The van der Waals surface area contributed by atoms with Crippen molar-refractivity contribution in [3.05, 3.63) is 51.7 Å². The Balaban J connectivity index is 1.43. The van der Waals surface area contributed by atoms with Gasteiger partial charge in [-0.3, -0.25) is 4.79 Å². The lowest BCUT2D eigenvalue weighted by Gasteiger charge is -2.16. The van der Waals surface area contributed by atoms with Crippen molar-refractivity contribution in [2.75, 3.05) is 18.2 Å². The Hall–Kier alpha value is -2.85. The van der Waals surface area contributed by atoms with Crippen LogP contribution in [0.4, 0.5) is 5.00 Å². The van der Waals surface area contributed by atoms with Gasteiger partial charge in [0.05, 0.1) is 18.4 Å². The first-order valence-corrected chi connectivity index (χ1v) is 13.5. The fraction of sp³-hybridized carbons (Fsp3) is 0.440. The number of hydrogen-bond donors (Lipinski definition) is 1. The first-order chi connectivity index (χ1) is 16.9. The zero-order valence-electron chi connectivity index (χ0n) is 20.4. The van der Waals surface area contributed by atoms with Crippen LogP contribution >= 0.6 is 23.1 Å². The highest BCUT2D eigenvalue weighted by Crippen LogP contribution is 2.38. The van der Waals surface area contributed by atoms with Gasteiger partial charge in [0.2, 0.25) is 5.91 Å². The molecule has 35 heavy (non-hydrogen) atoms. The lowest BCUT2D eigenvalue weighted by Crippen LogP contribution is -2.17. The van der Waals surface area contributed by atoms with Gasteiger partial charge in [0, 0.05) is 11.4 Å². The Morgan fingerprint density at radius 1 is 1.26 bits per heavy atom. The zero-order chi connectivity index (χ0) is 24.9. The number of hydrogen-bond acceptors (Lipinski definition) is 8. The first-order valence-electron chi connectivity index (χ1n) is 11.7. The van der Waals surface area contributed by atoms with Gasteiger partial charge >= 0.3 is 5.97 Å². The summed E-state index contributed by atoms with van der Waals surface area (Å²) < 4.78 is 13.0. The number of nitrogens with one attached hydrogen (secondary N) is 1. The Morgan fingerprint density at radius 2 is 2.06 bits per heavy atom. The van der Waals surface area contributed by atoms with Crippen molar-refractivity contribution >= 4 is 40.0 Å². The van der Waals surface area contributed by atoms with Crippen LogP contribution in [0, 0.1) is 6.92 Å². The number of ether oxygens (including phenoxy) is 2. The standard InChI is InChI=1S/C25H30N4O4S2/c1-5-29-22(16(3)33-17-10-8-9-15(2)13-17)27-28-25(29)34-14-20(30)26-23-21(24(31)32-4)18-11-6-7-12-19(18)35-23/h8-10,13,16H,5-7,11-12,14H2,1-4H3,(H,26,30). The summed E-state index contributed by atoms with van der Waals surface area (Å²) in [5.41, 5.74) is 2.65. The minimum atomic E-state index is -0.398. The van der Waals surface area contributed by atoms with E-state index in [1.165, 1.54) is 30.2 Å². The Bertz CT molecular complexity index is 1220. The fourth-order valence-corrected chi connectivity index (χ4v) is 6.32. The van der Waals surface area contributed by atoms with Gasteiger partial charge in [-0.2, -0.15) is 0 Å². The van der Waals surface area contributed by atoms with E-state index in [2.05, 4.69) is 15.5 Å². The van der Waals surface area contributed by atoms with Crippen molar-refractivity contribution < 1.29 is 19.1 Å². The van der Waals surface area contributed by atoms with Gasteiger partial charge in [0.1, 0.15) is 10.8 Å². The largest absolute Gasteiger partial charge is 0.483 e. The molecule has 3 aromatic rings. The summed E-state index contributed by atoms with van der Waals surface area (Å²) in [6, 6.07) is 7.87. The Labute approximate surface area is 213 Å². The van der Waals surface area contributed by atoms with Gasteiger partial charge in [-0.25, -0.2) is 4.79 Å². The fourth-order valence-electron chi connectivity index (χ4n) is 4.22. The van der Waals surface area contributed by atoms with Crippen molar-refractivity contribution in [2.45, 2.75) is 64.3 Å². The Kier molecular flexibility index (Phi) is 8.12. The van der Waals surface area contributed by atoms with Crippen molar-refractivity contribution in [2.24, 2.45) is 0 Å². The molecule has 0 fully saturated rings. The number of benzene rings is 1. The smallest absolute Gasteiger partial charge is 0.341 e. The van der Waals surface area contributed by atoms with Crippen LogP contribution in [0.2, 0.25) is 0 Å². The van der Waals surface area contributed by atoms with E-state index in [0.29, 0.717) is 28.1 Å². The SMILES string of the molecule is CCn1c(SCC(=O)Nc2sc3c(c2C(=O)OC)CCCC3)nnc1C(C)Oc1cccc(C)c1. The molecule has 8 nitrogen and oxygen atoms in total. The molecule has 1 aromatic carbocycles. The number of esters is 1. The number of fused-ring (bicyclic) bond motifs is 1. The van der Waals surface area contributed by atoms with Crippen LogP contribution in [0.3, 0.4) is 0 Å². The molecule has 1 unspecified atom stereocenters. The molecule has 1 aliphatic rings. The van der Waals surface area contributed by atoms with Crippen LogP contribution in [-0.2, 0) is 28.9 Å². The Morgan fingerprint density at radius 3 is 2.80 bits per heavy atom. The number of aromatic nitrogens is 3. The molecule has 0 saturated carbocycles. The number of amides is 1. The highest BCUT2D eigenvalue weighted by molar-refractivity contribution is 7.99. The number of methoxy groups -OCH3 is 1. The number of rotatable bonds is 9. The van der Waals surface area contributed by atoms with E-state index in [0.717, 1.165) is 47.4 Å². The molecule has 0 bridgehead atoms. The topological polar surface area (TPSA) is 95.3 Å². The second kappa shape index (κ2) is 11.3. The van der Waals surface area contributed by atoms with Crippen molar-refractivity contribution in [1.29, 1.82) is 0 Å². The predicted molar refractivity (Wildman–Crippen MR) is 138 cm³/mol. The predicted octanol–water partition coefficient (Wildman–Crippen LogP) is 5.20. The summed E-state index contributed by atoms with van der Waals surface area (Å²) in [7, 11) is 1.37. The van der Waals surface area contributed by atoms with Crippen LogP contribution in [-0.4, -0.2) is 39.5 Å². The van der Waals surface area contributed by atoms with Gasteiger partial charge in [-0.05, 0) is 69.7 Å². The summed E-state index contributed by atoms with van der Waals surface area (Å²) in [4.78, 5) is 26.4. The summed E-state index contributed by atoms with van der Waals surface area (Å²) in [6.07, 6.45) is 3.61. The van der Waals surface area contributed by atoms with Crippen LogP contribution in [0.1, 0.15) is 65.0 Å². The van der Waals surface area contributed by atoms with Gasteiger partial charge in [-0.1, -0.05) is 23.9 Å². The van der Waals surface area contributed by atoms with E-state index in [4.69, 9.17) is 9.47 Å². The molecular formula is C25H30N4O4S2. The van der Waals surface area contributed by atoms with E-state index >= 15 is 0 Å². The quantitative estimate of drug-likeness (QED) is 0.310. The average molecular weight is 515 g/mol. The molecule has 1 atom stereocenters. The number of anilines is 1. The van der Waals surface area contributed by atoms with E-state index < -0.39 is 5.97 Å². The van der Waals surface area contributed by atoms with Crippen LogP contribution in [0.15, 0.2) is 29.4 Å². The minimum Gasteiger partial charge on any atom is -0.483 e.